The Morgan fingerprint density at radius 1 is 1.25 bits per heavy atom. The number of pyridine rings is 1. The Hall–Kier alpha value is -2.02. The maximum Gasteiger partial charge on any atom is 0.394 e. The number of hydrogen-bond acceptors (Lipinski definition) is 4. The molecule has 0 N–H and O–H groups in total. The maximum absolute atomic E-state index is 13.1. The molecule has 0 fully saturated rings. The summed E-state index contributed by atoms with van der Waals surface area (Å²) in [6.45, 7) is 5.18. The van der Waals surface area contributed by atoms with Gasteiger partial charge in [0.25, 0.3) is 0 Å². The van der Waals surface area contributed by atoms with E-state index in [-0.39, 0.29) is 11.5 Å². The molecule has 1 heterocycles. The van der Waals surface area contributed by atoms with Gasteiger partial charge in [-0.2, -0.15) is 8.78 Å². The van der Waals surface area contributed by atoms with Crippen LogP contribution in [0.1, 0.15) is 49.7 Å². The topological polar surface area (TPSA) is 48.4 Å². The SMILES string of the molecule is CC(C)CCC(=O)c1ccc(CCOc2ccc(Br)c(OC(C)(F)F)c2)cn1. The zero-order chi connectivity index (χ0) is 20.7. The number of halogens is 3. The van der Waals surface area contributed by atoms with E-state index in [2.05, 4.69) is 39.5 Å². The van der Waals surface area contributed by atoms with Crippen molar-refractivity contribution in [2.24, 2.45) is 5.92 Å². The van der Waals surface area contributed by atoms with Crippen LogP contribution in [0.4, 0.5) is 8.78 Å². The van der Waals surface area contributed by atoms with Crippen LogP contribution in [0, 0.1) is 5.92 Å². The first-order valence-electron chi connectivity index (χ1n) is 9.11. The largest absolute Gasteiger partial charge is 0.493 e. The van der Waals surface area contributed by atoms with Gasteiger partial charge in [0.05, 0.1) is 11.1 Å². The molecule has 0 saturated carbocycles. The third kappa shape index (κ3) is 7.54. The summed E-state index contributed by atoms with van der Waals surface area (Å²) >= 11 is 3.18. The van der Waals surface area contributed by atoms with Crippen LogP contribution < -0.4 is 9.47 Å². The highest BCUT2D eigenvalue weighted by Gasteiger charge is 2.24. The highest BCUT2D eigenvalue weighted by atomic mass is 79.9. The molecule has 2 aromatic rings. The lowest BCUT2D eigenvalue weighted by molar-refractivity contribution is -0.159. The molecule has 0 aliphatic heterocycles. The molecule has 1 aromatic heterocycles. The van der Waals surface area contributed by atoms with Gasteiger partial charge >= 0.3 is 6.11 Å². The number of ketones is 1. The second-order valence-electron chi connectivity index (χ2n) is 7.01. The Bertz CT molecular complexity index is 789. The Kier molecular flexibility index (Phi) is 7.92. The summed E-state index contributed by atoms with van der Waals surface area (Å²) in [7, 11) is 0. The molecule has 0 unspecified atom stereocenters. The quantitative estimate of drug-likeness (QED) is 0.407. The number of carbonyl (C=O) groups excluding carboxylic acids is 1. The van der Waals surface area contributed by atoms with Crippen LogP contribution in [0.5, 0.6) is 11.5 Å². The number of alkyl halides is 2. The number of Topliss-reactive ketones (excluding diaryl/α,β-unsaturated/α-hetero) is 1. The van der Waals surface area contributed by atoms with E-state index in [0.717, 1.165) is 12.0 Å². The molecule has 0 amide bonds. The summed E-state index contributed by atoms with van der Waals surface area (Å²) in [4.78, 5) is 16.3. The fourth-order valence-corrected chi connectivity index (χ4v) is 2.74. The summed E-state index contributed by atoms with van der Waals surface area (Å²) in [5.74, 6) is 0.965. The summed E-state index contributed by atoms with van der Waals surface area (Å²) in [5.41, 5.74) is 1.40. The Morgan fingerprint density at radius 2 is 2.00 bits per heavy atom. The van der Waals surface area contributed by atoms with Gasteiger partial charge in [-0.3, -0.25) is 9.78 Å². The van der Waals surface area contributed by atoms with E-state index in [9.17, 15) is 13.6 Å². The van der Waals surface area contributed by atoms with Crippen LogP contribution in [0.15, 0.2) is 41.0 Å². The van der Waals surface area contributed by atoms with Crippen molar-refractivity contribution in [3.63, 3.8) is 0 Å². The van der Waals surface area contributed by atoms with Gasteiger partial charge in [0, 0.05) is 32.0 Å². The van der Waals surface area contributed by atoms with Crippen molar-refractivity contribution >= 4 is 21.7 Å². The van der Waals surface area contributed by atoms with Gasteiger partial charge in [-0.05, 0) is 52.0 Å². The van der Waals surface area contributed by atoms with Gasteiger partial charge in [0.1, 0.15) is 17.2 Å². The standard InChI is InChI=1S/C21H24BrF2NO3/c1-14(2)4-9-19(26)18-8-5-15(13-25-18)10-11-27-16-6-7-17(22)20(12-16)28-21(3,23)24/h5-8,12-14H,4,9-11H2,1-3H3. The van der Waals surface area contributed by atoms with Gasteiger partial charge in [0.2, 0.25) is 0 Å². The normalized spacial score (nSPS) is 11.5. The molecule has 0 atom stereocenters. The smallest absolute Gasteiger partial charge is 0.394 e. The number of carbonyl (C=O) groups is 1. The number of hydrogen-bond donors (Lipinski definition) is 0. The first kappa shape index (κ1) is 22.3. The van der Waals surface area contributed by atoms with Crippen molar-refractivity contribution in [1.29, 1.82) is 0 Å². The monoisotopic (exact) mass is 455 g/mol. The number of ether oxygens (including phenoxy) is 2. The lowest BCUT2D eigenvalue weighted by atomic mass is 10.0. The second-order valence-corrected chi connectivity index (χ2v) is 7.86. The average Bonchev–Trinajstić information content (AvgIpc) is 2.61. The summed E-state index contributed by atoms with van der Waals surface area (Å²) in [6, 6.07) is 8.25. The third-order valence-electron chi connectivity index (χ3n) is 3.91. The van der Waals surface area contributed by atoms with Gasteiger partial charge in [-0.15, -0.1) is 0 Å². The molecule has 1 aromatic carbocycles. The van der Waals surface area contributed by atoms with E-state index in [0.29, 0.717) is 48.2 Å². The number of aromatic nitrogens is 1. The van der Waals surface area contributed by atoms with Crippen LogP contribution in [-0.2, 0) is 6.42 Å². The molecule has 0 bridgehead atoms. The average molecular weight is 456 g/mol. The molecule has 2 rings (SSSR count). The fourth-order valence-electron chi connectivity index (χ4n) is 2.42. The Morgan fingerprint density at radius 3 is 2.61 bits per heavy atom. The zero-order valence-electron chi connectivity index (χ0n) is 16.2. The fraction of sp³-hybridized carbons (Fsp3) is 0.429. The first-order valence-corrected chi connectivity index (χ1v) is 9.90. The lowest BCUT2D eigenvalue weighted by Crippen LogP contribution is -2.19. The number of rotatable bonds is 10. The predicted octanol–water partition coefficient (Wildman–Crippen LogP) is 6.08. The van der Waals surface area contributed by atoms with E-state index in [1.54, 1.807) is 24.4 Å². The molecule has 28 heavy (non-hydrogen) atoms. The Labute approximate surface area is 172 Å². The van der Waals surface area contributed by atoms with Gasteiger partial charge in [-0.1, -0.05) is 19.9 Å². The van der Waals surface area contributed by atoms with Crippen LogP contribution in [0.2, 0.25) is 0 Å². The molecular formula is C21H24BrF2NO3. The maximum atomic E-state index is 13.1. The summed E-state index contributed by atoms with van der Waals surface area (Å²) < 4.78 is 36.8. The van der Waals surface area contributed by atoms with Crippen molar-refractivity contribution in [2.45, 2.75) is 46.1 Å². The molecule has 0 aliphatic rings. The van der Waals surface area contributed by atoms with Crippen molar-refractivity contribution < 1.29 is 23.0 Å². The van der Waals surface area contributed by atoms with E-state index in [1.165, 1.54) is 6.07 Å². The van der Waals surface area contributed by atoms with Gasteiger partial charge in [-0.25, -0.2) is 0 Å². The number of benzene rings is 1. The molecular weight excluding hydrogens is 432 g/mol. The molecule has 0 saturated heterocycles. The summed E-state index contributed by atoms with van der Waals surface area (Å²) in [5, 5.41) is 0. The van der Waals surface area contributed by atoms with Crippen LogP contribution in [-0.4, -0.2) is 23.5 Å². The van der Waals surface area contributed by atoms with Crippen LogP contribution in [0.25, 0.3) is 0 Å². The second kappa shape index (κ2) is 9.96. The molecule has 4 nitrogen and oxygen atoms in total. The molecule has 0 spiro atoms. The molecule has 152 valence electrons. The van der Waals surface area contributed by atoms with Crippen LogP contribution >= 0.6 is 15.9 Å². The van der Waals surface area contributed by atoms with Crippen molar-refractivity contribution in [2.75, 3.05) is 6.61 Å². The van der Waals surface area contributed by atoms with Crippen molar-refractivity contribution in [3.8, 4) is 11.5 Å². The zero-order valence-corrected chi connectivity index (χ0v) is 17.8. The summed E-state index contributed by atoms with van der Waals surface area (Å²) in [6.07, 6.45) is 0.307. The Balaban J connectivity index is 1.88. The highest BCUT2D eigenvalue weighted by molar-refractivity contribution is 9.10. The lowest BCUT2D eigenvalue weighted by Gasteiger charge is -2.15. The highest BCUT2D eigenvalue weighted by Crippen LogP contribution is 2.33. The molecule has 7 heteroatoms. The first-order chi connectivity index (χ1) is 13.1. The van der Waals surface area contributed by atoms with E-state index in [4.69, 9.17) is 4.74 Å². The van der Waals surface area contributed by atoms with Gasteiger partial charge in [0.15, 0.2) is 5.78 Å². The molecule has 0 radical (unpaired) electrons. The third-order valence-corrected chi connectivity index (χ3v) is 4.57. The van der Waals surface area contributed by atoms with E-state index < -0.39 is 6.11 Å². The number of nitrogens with zero attached hydrogens (tertiary/aromatic N) is 1. The minimum Gasteiger partial charge on any atom is -0.493 e. The van der Waals surface area contributed by atoms with E-state index >= 15 is 0 Å². The van der Waals surface area contributed by atoms with E-state index in [1.807, 2.05) is 6.07 Å². The molecule has 0 aliphatic carbocycles. The van der Waals surface area contributed by atoms with Gasteiger partial charge < -0.3 is 9.47 Å². The van der Waals surface area contributed by atoms with Crippen molar-refractivity contribution in [1.82, 2.24) is 4.98 Å². The van der Waals surface area contributed by atoms with Crippen molar-refractivity contribution in [3.05, 3.63) is 52.3 Å². The predicted molar refractivity (Wildman–Crippen MR) is 107 cm³/mol. The van der Waals surface area contributed by atoms with Crippen LogP contribution in [0.3, 0.4) is 0 Å². The minimum atomic E-state index is -3.28. The minimum absolute atomic E-state index is 0.0101.